The van der Waals surface area contributed by atoms with Crippen LogP contribution in [0.4, 0.5) is 5.69 Å². The molecule has 1 aromatic heterocycles. The van der Waals surface area contributed by atoms with Gasteiger partial charge in [-0.2, -0.15) is 0 Å². The molecule has 0 atom stereocenters. The van der Waals surface area contributed by atoms with Crippen LogP contribution in [0.15, 0.2) is 54.6 Å². The lowest BCUT2D eigenvalue weighted by Crippen LogP contribution is -2.15. The summed E-state index contributed by atoms with van der Waals surface area (Å²) in [6.45, 7) is 1.89. The number of hydrogen-bond acceptors (Lipinski definition) is 5. The second-order valence-electron chi connectivity index (χ2n) is 7.49. The van der Waals surface area contributed by atoms with Gasteiger partial charge in [-0.05, 0) is 29.3 Å². The molecule has 1 heterocycles. The van der Waals surface area contributed by atoms with E-state index in [0.29, 0.717) is 12.1 Å². The molecule has 0 aliphatic heterocycles. The van der Waals surface area contributed by atoms with E-state index in [0.717, 1.165) is 15.6 Å². The summed E-state index contributed by atoms with van der Waals surface area (Å²) >= 11 is 7.69. The van der Waals surface area contributed by atoms with Gasteiger partial charge in [-0.3, -0.25) is 4.79 Å². The van der Waals surface area contributed by atoms with Crippen molar-refractivity contribution in [3.05, 3.63) is 86.3 Å². The predicted octanol–water partition coefficient (Wildman–Crippen LogP) is 5.74. The van der Waals surface area contributed by atoms with E-state index >= 15 is 0 Å². The molecule has 4 aromatic rings. The van der Waals surface area contributed by atoms with Gasteiger partial charge in [-0.1, -0.05) is 54.1 Å². The van der Waals surface area contributed by atoms with Crippen LogP contribution in [-0.4, -0.2) is 29.1 Å². The number of rotatable bonds is 7. The summed E-state index contributed by atoms with van der Waals surface area (Å²) in [5.41, 5.74) is 2.23. The highest BCUT2D eigenvalue weighted by molar-refractivity contribution is 7.11. The zero-order valence-corrected chi connectivity index (χ0v) is 19.6. The highest BCUT2D eigenvalue weighted by Crippen LogP contribution is 2.31. The third-order valence-corrected chi connectivity index (χ3v) is 6.74. The largest absolute Gasteiger partial charge is 0.496 e. The summed E-state index contributed by atoms with van der Waals surface area (Å²) in [5.74, 6) is -1.32. The molecule has 0 radical (unpaired) electrons. The molecule has 33 heavy (non-hydrogen) atoms. The Morgan fingerprint density at radius 3 is 2.67 bits per heavy atom. The van der Waals surface area contributed by atoms with E-state index in [1.165, 1.54) is 46.9 Å². The Morgan fingerprint density at radius 1 is 1.15 bits per heavy atom. The van der Waals surface area contributed by atoms with Crippen molar-refractivity contribution in [2.45, 2.75) is 19.8 Å². The van der Waals surface area contributed by atoms with Crippen LogP contribution in [0.3, 0.4) is 0 Å². The van der Waals surface area contributed by atoms with Crippen LogP contribution in [0.5, 0.6) is 5.75 Å². The van der Waals surface area contributed by atoms with E-state index in [1.54, 1.807) is 0 Å². The lowest BCUT2D eigenvalue weighted by Gasteiger charge is -2.11. The number of fused-ring (bicyclic) bond motifs is 1. The van der Waals surface area contributed by atoms with Gasteiger partial charge in [0.05, 0.1) is 34.9 Å². The Morgan fingerprint density at radius 2 is 1.91 bits per heavy atom. The van der Waals surface area contributed by atoms with Gasteiger partial charge in [0.2, 0.25) is 5.91 Å². The van der Waals surface area contributed by atoms with Gasteiger partial charge >= 0.3 is 5.97 Å². The normalized spacial score (nSPS) is 10.9. The number of nitrogens with zero attached hydrogens (tertiary/aromatic N) is 1. The minimum Gasteiger partial charge on any atom is -0.496 e. The first-order valence-corrected chi connectivity index (χ1v) is 11.4. The van der Waals surface area contributed by atoms with Gasteiger partial charge in [0, 0.05) is 17.4 Å². The maximum absolute atomic E-state index is 12.7. The quantitative estimate of drug-likeness (QED) is 0.352. The maximum atomic E-state index is 12.7. The first-order chi connectivity index (χ1) is 15.9. The number of ether oxygens (including phenoxy) is 1. The average molecular weight is 481 g/mol. The highest BCUT2D eigenvalue weighted by atomic mass is 35.5. The Bertz CT molecular complexity index is 1360. The minimum atomic E-state index is -1.16. The summed E-state index contributed by atoms with van der Waals surface area (Å²) in [5, 5.41) is 15.4. The van der Waals surface area contributed by atoms with Crippen molar-refractivity contribution in [2.75, 3.05) is 12.4 Å². The Balaban J connectivity index is 1.50. The number of carbonyl (C=O) groups excluding carboxylic acids is 1. The first-order valence-electron chi connectivity index (χ1n) is 10.2. The fraction of sp³-hybridized carbons (Fsp3) is 0.160. The third kappa shape index (κ3) is 4.99. The van der Waals surface area contributed by atoms with Gasteiger partial charge in [0.1, 0.15) is 11.3 Å². The number of carbonyl (C=O) groups is 2. The van der Waals surface area contributed by atoms with E-state index in [1.807, 2.05) is 25.1 Å². The predicted molar refractivity (Wildman–Crippen MR) is 131 cm³/mol. The molecule has 0 bridgehead atoms. The number of anilines is 1. The van der Waals surface area contributed by atoms with Gasteiger partial charge in [-0.15, -0.1) is 11.3 Å². The van der Waals surface area contributed by atoms with E-state index < -0.39 is 5.97 Å². The Labute approximate surface area is 199 Å². The molecule has 6 nitrogen and oxygen atoms in total. The third-order valence-electron chi connectivity index (χ3n) is 5.27. The summed E-state index contributed by atoms with van der Waals surface area (Å²) in [6.07, 6.45) is 0.826. The Hall–Kier alpha value is -3.42. The fourth-order valence-corrected chi connectivity index (χ4v) is 4.97. The molecule has 0 aliphatic rings. The SMILES string of the molecule is COc1cc(NC(=O)Cc2sc(Cc3cccc4ccccc34)nc2C)c(Cl)cc1C(=O)O. The molecule has 2 N–H and O–H groups in total. The van der Waals surface area contributed by atoms with Crippen LogP contribution in [0.1, 0.15) is 31.5 Å². The van der Waals surface area contributed by atoms with E-state index in [2.05, 4.69) is 34.6 Å². The number of amides is 1. The van der Waals surface area contributed by atoms with Gasteiger partial charge in [0.25, 0.3) is 0 Å². The maximum Gasteiger partial charge on any atom is 0.339 e. The number of carboxylic acids is 1. The molecule has 0 unspecified atom stereocenters. The van der Waals surface area contributed by atoms with Crippen LogP contribution < -0.4 is 10.1 Å². The molecule has 3 aromatic carbocycles. The molecule has 168 valence electrons. The van der Waals surface area contributed by atoms with Gasteiger partial charge in [0.15, 0.2) is 0 Å². The van der Waals surface area contributed by atoms with Crippen molar-refractivity contribution in [3.63, 3.8) is 0 Å². The van der Waals surface area contributed by atoms with Crippen molar-refractivity contribution in [2.24, 2.45) is 0 Å². The summed E-state index contributed by atoms with van der Waals surface area (Å²) in [7, 11) is 1.36. The zero-order chi connectivity index (χ0) is 23.5. The Kier molecular flexibility index (Phi) is 6.62. The van der Waals surface area contributed by atoms with Crippen molar-refractivity contribution in [1.82, 2.24) is 4.98 Å². The molecule has 4 rings (SSSR count). The van der Waals surface area contributed by atoms with Crippen LogP contribution in [0.2, 0.25) is 5.02 Å². The van der Waals surface area contributed by atoms with E-state index in [9.17, 15) is 14.7 Å². The minimum absolute atomic E-state index is 0.0723. The fourth-order valence-electron chi connectivity index (χ4n) is 3.66. The number of hydrogen-bond donors (Lipinski definition) is 2. The molecule has 0 aliphatic carbocycles. The number of carboxylic acid groups (broad SMARTS) is 1. The van der Waals surface area contributed by atoms with Gasteiger partial charge < -0.3 is 15.2 Å². The van der Waals surface area contributed by atoms with Crippen LogP contribution in [0.25, 0.3) is 10.8 Å². The summed E-state index contributed by atoms with van der Waals surface area (Å²) in [4.78, 5) is 29.6. The van der Waals surface area contributed by atoms with Crippen LogP contribution >= 0.6 is 22.9 Å². The average Bonchev–Trinajstić information content (AvgIpc) is 3.13. The number of benzene rings is 3. The molecule has 0 saturated carbocycles. The standard InChI is InChI=1S/C25H21ClN2O4S/c1-14-22(13-23(29)28-20-12-21(32-2)18(25(30)31)11-19(20)26)33-24(27-14)10-16-8-5-7-15-6-3-4-9-17(15)16/h3-9,11-12H,10,13H2,1-2H3,(H,28,29)(H,30,31). The number of thiazole rings is 1. The number of methoxy groups -OCH3 is 1. The van der Waals surface area contributed by atoms with Crippen LogP contribution in [-0.2, 0) is 17.6 Å². The highest BCUT2D eigenvalue weighted by Gasteiger charge is 2.18. The van der Waals surface area contributed by atoms with Crippen LogP contribution in [0, 0.1) is 6.92 Å². The molecule has 1 amide bonds. The molecule has 8 heteroatoms. The van der Waals surface area contributed by atoms with Crippen molar-refractivity contribution < 1.29 is 19.4 Å². The first kappa shape index (κ1) is 22.8. The number of halogens is 1. The molecular formula is C25H21ClN2O4S. The summed E-state index contributed by atoms with van der Waals surface area (Å²) < 4.78 is 5.11. The molecule has 0 saturated heterocycles. The number of nitrogens with one attached hydrogen (secondary N) is 1. The number of aromatic nitrogens is 1. The lowest BCUT2D eigenvalue weighted by atomic mass is 10.0. The monoisotopic (exact) mass is 480 g/mol. The number of aromatic carboxylic acids is 1. The molecule has 0 fully saturated rings. The van der Waals surface area contributed by atoms with Gasteiger partial charge in [-0.25, -0.2) is 9.78 Å². The topological polar surface area (TPSA) is 88.5 Å². The van der Waals surface area contributed by atoms with Crippen molar-refractivity contribution in [3.8, 4) is 5.75 Å². The van der Waals surface area contributed by atoms with E-state index in [4.69, 9.17) is 16.3 Å². The zero-order valence-electron chi connectivity index (χ0n) is 18.0. The second-order valence-corrected chi connectivity index (χ2v) is 9.07. The molecular weight excluding hydrogens is 460 g/mol. The van der Waals surface area contributed by atoms with E-state index in [-0.39, 0.29) is 28.7 Å². The smallest absolute Gasteiger partial charge is 0.339 e. The van der Waals surface area contributed by atoms with Crippen molar-refractivity contribution >= 4 is 51.3 Å². The molecule has 0 spiro atoms. The summed E-state index contributed by atoms with van der Waals surface area (Å²) in [6, 6.07) is 17.1. The number of aryl methyl sites for hydroxylation is 1. The second kappa shape index (κ2) is 9.60. The van der Waals surface area contributed by atoms with Crippen molar-refractivity contribution in [1.29, 1.82) is 0 Å². The lowest BCUT2D eigenvalue weighted by molar-refractivity contribution is -0.115.